The number of rotatable bonds is 9. The Morgan fingerprint density at radius 2 is 1.57 bits per heavy atom. The number of allylic oxidation sites excluding steroid dienone is 3. The van der Waals surface area contributed by atoms with Crippen LogP contribution in [0, 0.1) is 0 Å². The van der Waals surface area contributed by atoms with E-state index in [1.165, 1.54) is 46.6 Å². The van der Waals surface area contributed by atoms with Crippen LogP contribution in [0.25, 0.3) is 6.08 Å². The van der Waals surface area contributed by atoms with Crippen molar-refractivity contribution in [1.29, 1.82) is 0 Å². The van der Waals surface area contributed by atoms with Crippen LogP contribution < -0.4 is 4.46 Å². The SMILES string of the molecule is CCCCCC/C=C(/C=C/c1ccccc1)[Se]c1ccccc1. The van der Waals surface area contributed by atoms with Crippen molar-refractivity contribution in [3.8, 4) is 0 Å². The molecule has 0 unspecified atom stereocenters. The van der Waals surface area contributed by atoms with E-state index in [-0.39, 0.29) is 0 Å². The Hall–Kier alpha value is -1.56. The van der Waals surface area contributed by atoms with Crippen LogP contribution in [0.1, 0.15) is 44.6 Å². The predicted molar refractivity (Wildman–Crippen MR) is 104 cm³/mol. The summed E-state index contributed by atoms with van der Waals surface area (Å²) in [4.78, 5) is 0. The first-order valence-corrected chi connectivity index (χ1v) is 10.3. The van der Waals surface area contributed by atoms with Gasteiger partial charge in [0.05, 0.1) is 0 Å². The maximum absolute atomic E-state index is 2.45. The first-order chi connectivity index (χ1) is 11.4. The summed E-state index contributed by atoms with van der Waals surface area (Å²) in [6.45, 7) is 2.27. The third kappa shape index (κ3) is 7.50. The van der Waals surface area contributed by atoms with Crippen molar-refractivity contribution in [2.24, 2.45) is 0 Å². The first-order valence-electron chi connectivity index (χ1n) is 8.54. The molecule has 0 bridgehead atoms. The van der Waals surface area contributed by atoms with Crippen LogP contribution in [0.3, 0.4) is 0 Å². The molecule has 0 N–H and O–H groups in total. The summed E-state index contributed by atoms with van der Waals surface area (Å²) in [5.41, 5.74) is 1.27. The topological polar surface area (TPSA) is 0 Å². The molecule has 2 aromatic carbocycles. The number of hydrogen-bond donors (Lipinski definition) is 0. The molecular weight excluding hydrogens is 343 g/mol. The van der Waals surface area contributed by atoms with Crippen molar-refractivity contribution in [1.82, 2.24) is 0 Å². The summed E-state index contributed by atoms with van der Waals surface area (Å²) in [6.07, 6.45) is 13.5. The molecule has 0 aliphatic carbocycles. The predicted octanol–water partition coefficient (Wildman–Crippen LogP) is 5.58. The van der Waals surface area contributed by atoms with E-state index in [0.717, 1.165) is 0 Å². The zero-order chi connectivity index (χ0) is 16.2. The van der Waals surface area contributed by atoms with E-state index in [2.05, 4.69) is 85.8 Å². The van der Waals surface area contributed by atoms with Gasteiger partial charge in [0.2, 0.25) is 0 Å². The zero-order valence-electron chi connectivity index (χ0n) is 13.9. The van der Waals surface area contributed by atoms with Crippen molar-refractivity contribution >= 4 is 25.5 Å². The minimum absolute atomic E-state index is 0.386. The zero-order valence-corrected chi connectivity index (χ0v) is 15.7. The van der Waals surface area contributed by atoms with E-state index < -0.39 is 0 Å². The fourth-order valence-electron chi connectivity index (χ4n) is 2.33. The van der Waals surface area contributed by atoms with Gasteiger partial charge < -0.3 is 0 Å². The molecule has 120 valence electrons. The molecular formula is C22H26Se. The normalized spacial score (nSPS) is 12.0. The van der Waals surface area contributed by atoms with Gasteiger partial charge in [-0.1, -0.05) is 0 Å². The summed E-state index contributed by atoms with van der Waals surface area (Å²) in [5, 5.41) is 0. The van der Waals surface area contributed by atoms with Gasteiger partial charge in [-0.2, -0.15) is 0 Å². The molecule has 0 saturated heterocycles. The van der Waals surface area contributed by atoms with Crippen LogP contribution in [-0.4, -0.2) is 15.0 Å². The Morgan fingerprint density at radius 3 is 2.26 bits per heavy atom. The van der Waals surface area contributed by atoms with E-state index in [1.54, 1.807) is 0 Å². The maximum atomic E-state index is 2.45. The number of hydrogen-bond acceptors (Lipinski definition) is 0. The minimum atomic E-state index is 0.386. The van der Waals surface area contributed by atoms with Gasteiger partial charge in [0.15, 0.2) is 0 Å². The van der Waals surface area contributed by atoms with Crippen LogP contribution in [-0.2, 0) is 0 Å². The molecule has 0 heterocycles. The van der Waals surface area contributed by atoms with Gasteiger partial charge >= 0.3 is 147 Å². The van der Waals surface area contributed by atoms with Crippen molar-refractivity contribution in [3.63, 3.8) is 0 Å². The van der Waals surface area contributed by atoms with Crippen LogP contribution in [0.4, 0.5) is 0 Å². The molecule has 0 aliphatic rings. The quantitative estimate of drug-likeness (QED) is 0.307. The van der Waals surface area contributed by atoms with Crippen LogP contribution in [0.15, 0.2) is 77.3 Å². The van der Waals surface area contributed by atoms with E-state index in [9.17, 15) is 0 Å². The molecule has 0 aliphatic heterocycles. The van der Waals surface area contributed by atoms with Gasteiger partial charge in [-0.15, -0.1) is 0 Å². The molecule has 0 fully saturated rings. The van der Waals surface area contributed by atoms with E-state index in [0.29, 0.717) is 15.0 Å². The Labute approximate surface area is 147 Å². The summed E-state index contributed by atoms with van der Waals surface area (Å²) in [6, 6.07) is 21.4. The molecule has 0 spiro atoms. The standard InChI is InChI=1S/C22H26Se/c1-2-3-4-5-10-17-22(23-21-15-11-7-12-16-21)19-18-20-13-8-6-9-14-20/h6-9,11-19H,2-5,10H2,1H3/b19-18+,22-17-. The van der Waals surface area contributed by atoms with Gasteiger partial charge in [0.1, 0.15) is 0 Å². The van der Waals surface area contributed by atoms with Crippen molar-refractivity contribution in [2.45, 2.75) is 39.0 Å². The van der Waals surface area contributed by atoms with Crippen molar-refractivity contribution in [2.75, 3.05) is 0 Å². The average Bonchev–Trinajstić information content (AvgIpc) is 2.61. The fourth-order valence-corrected chi connectivity index (χ4v) is 4.22. The summed E-state index contributed by atoms with van der Waals surface area (Å²) in [5.74, 6) is 0. The molecule has 1 heteroatoms. The third-order valence-electron chi connectivity index (χ3n) is 3.62. The summed E-state index contributed by atoms with van der Waals surface area (Å²) >= 11 is 0.386. The second-order valence-corrected chi connectivity index (χ2v) is 8.02. The van der Waals surface area contributed by atoms with Crippen molar-refractivity contribution < 1.29 is 0 Å². The molecule has 0 atom stereocenters. The van der Waals surface area contributed by atoms with Crippen LogP contribution >= 0.6 is 0 Å². The monoisotopic (exact) mass is 370 g/mol. The van der Waals surface area contributed by atoms with Crippen LogP contribution in [0.5, 0.6) is 0 Å². The van der Waals surface area contributed by atoms with Gasteiger partial charge in [0.25, 0.3) is 0 Å². The van der Waals surface area contributed by atoms with Crippen molar-refractivity contribution in [3.05, 3.63) is 82.9 Å². The first kappa shape index (κ1) is 17.8. The second kappa shape index (κ2) is 11.0. The fraction of sp³-hybridized carbons (Fsp3) is 0.273. The van der Waals surface area contributed by atoms with E-state index in [4.69, 9.17) is 0 Å². The summed E-state index contributed by atoms with van der Waals surface area (Å²) in [7, 11) is 0. The Bertz CT molecular complexity index is 596. The molecule has 0 saturated carbocycles. The molecule has 0 radical (unpaired) electrons. The number of unbranched alkanes of at least 4 members (excludes halogenated alkanes) is 4. The van der Waals surface area contributed by atoms with Gasteiger partial charge in [-0.05, 0) is 0 Å². The Balaban J connectivity index is 2.01. The molecule has 0 amide bonds. The molecule has 23 heavy (non-hydrogen) atoms. The second-order valence-electron chi connectivity index (χ2n) is 5.61. The van der Waals surface area contributed by atoms with Gasteiger partial charge in [0, 0.05) is 0 Å². The molecule has 2 aromatic rings. The molecule has 0 nitrogen and oxygen atoms in total. The van der Waals surface area contributed by atoms with Crippen LogP contribution in [0.2, 0.25) is 0 Å². The molecule has 0 aromatic heterocycles. The Morgan fingerprint density at radius 1 is 0.870 bits per heavy atom. The summed E-state index contributed by atoms with van der Waals surface area (Å²) < 4.78 is 2.92. The van der Waals surface area contributed by atoms with E-state index >= 15 is 0 Å². The average molecular weight is 369 g/mol. The van der Waals surface area contributed by atoms with Gasteiger partial charge in [-0.3, -0.25) is 0 Å². The third-order valence-corrected chi connectivity index (χ3v) is 5.82. The molecule has 2 rings (SSSR count). The van der Waals surface area contributed by atoms with Gasteiger partial charge in [-0.25, -0.2) is 0 Å². The number of benzene rings is 2. The Kier molecular flexibility index (Phi) is 8.55. The van der Waals surface area contributed by atoms with E-state index in [1.807, 2.05) is 0 Å².